The van der Waals surface area contributed by atoms with E-state index >= 15 is 4.39 Å². The number of carbonyl (C=O) groups is 5. The number of amides is 5. The van der Waals surface area contributed by atoms with E-state index in [1.807, 2.05) is 21.6 Å². The van der Waals surface area contributed by atoms with E-state index in [-0.39, 0.29) is 47.7 Å². The van der Waals surface area contributed by atoms with Crippen LogP contribution in [0.25, 0.3) is 22.7 Å². The molecule has 2 atom stereocenters. The molecule has 5 aromatic rings. The number of hydrogen-bond acceptors (Lipinski definition) is 15. The summed E-state index contributed by atoms with van der Waals surface area (Å²) in [5.41, 5.74) is 2.22. The molecule has 3 fully saturated rings. The second kappa shape index (κ2) is 14.2. The molecule has 8 heterocycles. The number of pyridine rings is 2. The topological polar surface area (TPSA) is 220 Å². The van der Waals surface area contributed by atoms with Crippen molar-refractivity contribution in [2.45, 2.75) is 44.9 Å². The van der Waals surface area contributed by atoms with Gasteiger partial charge in [-0.05, 0) is 38.0 Å². The zero-order valence-electron chi connectivity index (χ0n) is 30.5. The van der Waals surface area contributed by atoms with Crippen molar-refractivity contribution < 1.29 is 42.3 Å². The van der Waals surface area contributed by atoms with Crippen molar-refractivity contribution in [3.8, 4) is 11.5 Å². The Hall–Kier alpha value is -6.60. The number of aliphatic hydroxyl groups excluding tert-OH is 1. The Morgan fingerprint density at radius 2 is 1.82 bits per heavy atom. The zero-order valence-corrected chi connectivity index (χ0v) is 30.5. The summed E-state index contributed by atoms with van der Waals surface area (Å²) in [7, 11) is 0. The van der Waals surface area contributed by atoms with Crippen LogP contribution in [0.2, 0.25) is 0 Å². The predicted molar refractivity (Wildman–Crippen MR) is 198 cm³/mol. The van der Waals surface area contributed by atoms with Crippen LogP contribution in [0.1, 0.15) is 61.7 Å². The summed E-state index contributed by atoms with van der Waals surface area (Å²) in [5, 5.41) is 15.3. The molecule has 3 N–H and O–H groups in total. The molecule has 18 nitrogen and oxygen atoms in total. The minimum atomic E-state index is -1.19. The number of hydrogen-bond donors (Lipinski definition) is 3. The first-order valence-electron chi connectivity index (χ1n) is 18.5. The lowest BCUT2D eigenvalue weighted by molar-refractivity contribution is -0.136. The molecule has 1 unspecified atom stereocenters. The number of benzene rings is 1. The van der Waals surface area contributed by atoms with Crippen molar-refractivity contribution in [2.24, 2.45) is 0 Å². The van der Waals surface area contributed by atoms with Gasteiger partial charge in [0.25, 0.3) is 23.7 Å². The van der Waals surface area contributed by atoms with E-state index < -0.39 is 47.5 Å². The van der Waals surface area contributed by atoms with E-state index in [0.717, 1.165) is 10.6 Å². The van der Waals surface area contributed by atoms with Crippen LogP contribution in [-0.4, -0.2) is 116 Å². The molecular weight excluding hydrogens is 743 g/mol. The van der Waals surface area contributed by atoms with Crippen molar-refractivity contribution in [3.05, 3.63) is 76.7 Å². The summed E-state index contributed by atoms with van der Waals surface area (Å²) in [6.45, 7) is 4.71. The number of anilines is 3. The van der Waals surface area contributed by atoms with Crippen LogP contribution >= 0.6 is 0 Å². The molecule has 0 saturated carbocycles. The fourth-order valence-corrected chi connectivity index (χ4v) is 7.64. The van der Waals surface area contributed by atoms with Gasteiger partial charge < -0.3 is 29.1 Å². The van der Waals surface area contributed by atoms with Gasteiger partial charge in [-0.2, -0.15) is 4.98 Å². The highest BCUT2D eigenvalue weighted by Crippen LogP contribution is 2.34. The summed E-state index contributed by atoms with van der Waals surface area (Å²) in [6.07, 6.45) is 2.82. The van der Waals surface area contributed by atoms with Gasteiger partial charge >= 0.3 is 0 Å². The number of fused-ring (bicyclic) bond motifs is 2. The maximum absolute atomic E-state index is 15.9. The maximum Gasteiger partial charge on any atom is 0.300 e. The number of aliphatic hydroxyl groups is 1. The summed E-state index contributed by atoms with van der Waals surface area (Å²) >= 11 is 0. The highest BCUT2D eigenvalue weighted by molar-refractivity contribution is 6.23. The summed E-state index contributed by atoms with van der Waals surface area (Å²) in [5.74, 6) is -3.58. The standard InChI is InChI=1S/C38H35FN10O8/c1-19-14-20(6-8-40-19)35-42-25(18-56-35)33(52)41-24-15-27-31(44-32(24)48-9-7-22(50)17-48)45-38(57-27)47-12-10-46(11-13-47)16-21-2-3-23-29(30(21)39)37(55)49(36(23)54)26-4-5-28(51)43-34(26)53/h2-3,6,8,14-15,18,22,26,50H,4-5,7,9-13,16-17H2,1H3,(H,41,52)(H,43,51,53)/t22-,26?/m1/s1. The molecule has 4 aliphatic rings. The van der Waals surface area contributed by atoms with E-state index in [1.165, 1.54) is 18.4 Å². The minimum absolute atomic E-state index is 0.0229. The third-order valence-corrected chi connectivity index (χ3v) is 10.6. The third-order valence-electron chi connectivity index (χ3n) is 10.6. The summed E-state index contributed by atoms with van der Waals surface area (Å²) in [4.78, 5) is 88.4. The van der Waals surface area contributed by atoms with Crippen LogP contribution in [0.4, 0.5) is 21.9 Å². The number of oxazole rings is 2. The number of nitrogens with zero attached hydrogens (tertiary/aromatic N) is 8. The molecule has 1 aromatic carbocycles. The Balaban J connectivity index is 0.894. The molecule has 4 aliphatic heterocycles. The van der Waals surface area contributed by atoms with Gasteiger partial charge in [0.2, 0.25) is 23.4 Å². The van der Waals surface area contributed by atoms with Crippen molar-refractivity contribution >= 4 is 58.3 Å². The van der Waals surface area contributed by atoms with Crippen LogP contribution in [-0.2, 0) is 16.1 Å². The number of β-amino-alcohol motifs (C(OH)–C–C–N with tert-alkyl or cyclic N) is 1. The molecule has 3 saturated heterocycles. The number of halogens is 1. The van der Waals surface area contributed by atoms with Crippen molar-refractivity contribution in [2.75, 3.05) is 54.4 Å². The molecule has 0 spiro atoms. The fourth-order valence-electron chi connectivity index (χ4n) is 7.64. The van der Waals surface area contributed by atoms with Gasteiger partial charge in [-0.25, -0.2) is 14.4 Å². The molecule has 19 heteroatoms. The Morgan fingerprint density at radius 3 is 2.58 bits per heavy atom. The molecule has 9 rings (SSSR count). The Labute approximate surface area is 322 Å². The summed E-state index contributed by atoms with van der Waals surface area (Å²) < 4.78 is 27.6. The van der Waals surface area contributed by atoms with E-state index in [9.17, 15) is 29.1 Å². The number of nitrogens with one attached hydrogen (secondary N) is 2. The Morgan fingerprint density at radius 1 is 1.00 bits per heavy atom. The van der Waals surface area contributed by atoms with Gasteiger partial charge in [-0.15, -0.1) is 0 Å². The Bertz CT molecular complexity index is 2490. The number of piperidine rings is 1. The average Bonchev–Trinajstić information content (AvgIpc) is 4.00. The molecule has 57 heavy (non-hydrogen) atoms. The van der Waals surface area contributed by atoms with Crippen molar-refractivity contribution in [1.29, 1.82) is 0 Å². The molecule has 5 amide bonds. The van der Waals surface area contributed by atoms with Crippen LogP contribution in [0, 0.1) is 12.7 Å². The first kappa shape index (κ1) is 36.1. The lowest BCUT2D eigenvalue weighted by Crippen LogP contribution is -2.54. The van der Waals surface area contributed by atoms with Crippen LogP contribution in [0.5, 0.6) is 0 Å². The van der Waals surface area contributed by atoms with E-state index in [2.05, 4.69) is 25.6 Å². The highest BCUT2D eigenvalue weighted by atomic mass is 19.1. The molecule has 0 radical (unpaired) electrons. The van der Waals surface area contributed by atoms with Crippen LogP contribution in [0.15, 0.2) is 51.6 Å². The van der Waals surface area contributed by atoms with Gasteiger partial charge in [0.15, 0.2) is 17.1 Å². The van der Waals surface area contributed by atoms with E-state index in [1.54, 1.807) is 24.4 Å². The van der Waals surface area contributed by atoms with Crippen LogP contribution in [0.3, 0.4) is 0 Å². The van der Waals surface area contributed by atoms with Crippen LogP contribution < -0.4 is 20.4 Å². The molecule has 292 valence electrons. The zero-order chi connectivity index (χ0) is 39.5. The molecular formula is C38H35FN10O8. The predicted octanol–water partition coefficient (Wildman–Crippen LogP) is 2.27. The van der Waals surface area contributed by atoms with Gasteiger partial charge in [0.05, 0.1) is 22.9 Å². The second-order valence-electron chi connectivity index (χ2n) is 14.4. The van der Waals surface area contributed by atoms with Gasteiger partial charge in [0.1, 0.15) is 18.1 Å². The van der Waals surface area contributed by atoms with E-state index in [4.69, 9.17) is 13.8 Å². The fraction of sp³-hybridized carbons (Fsp3) is 0.342. The highest BCUT2D eigenvalue weighted by Gasteiger charge is 2.46. The quantitative estimate of drug-likeness (QED) is 0.192. The number of rotatable bonds is 8. The number of aromatic nitrogens is 4. The molecule has 4 aromatic heterocycles. The van der Waals surface area contributed by atoms with Gasteiger partial charge in [0, 0.05) is 81.3 Å². The Kier molecular flexibility index (Phi) is 8.96. The van der Waals surface area contributed by atoms with E-state index in [0.29, 0.717) is 80.0 Å². The average molecular weight is 779 g/mol. The molecule has 0 bridgehead atoms. The number of imide groups is 2. The minimum Gasteiger partial charge on any atom is -0.444 e. The first-order valence-corrected chi connectivity index (χ1v) is 18.5. The SMILES string of the molecule is Cc1cc(-c2nc(C(=O)Nc3cc4oc(N5CCN(Cc6ccc7c(c6F)C(=O)N(C6CCC(=O)NC6=O)C7=O)CC5)nc4nc3N3CC[C@@H](O)C3)co2)ccn1. The molecule has 0 aliphatic carbocycles. The largest absolute Gasteiger partial charge is 0.444 e. The van der Waals surface area contributed by atoms with Crippen molar-refractivity contribution in [1.82, 2.24) is 35.1 Å². The summed E-state index contributed by atoms with van der Waals surface area (Å²) in [6, 6.07) is 7.18. The lowest BCUT2D eigenvalue weighted by Gasteiger charge is -2.33. The number of aryl methyl sites for hydroxylation is 1. The lowest BCUT2D eigenvalue weighted by atomic mass is 10.0. The first-order chi connectivity index (χ1) is 27.5. The number of piperazine rings is 1. The smallest absolute Gasteiger partial charge is 0.300 e. The van der Waals surface area contributed by atoms with Crippen molar-refractivity contribution in [3.63, 3.8) is 0 Å². The maximum atomic E-state index is 15.9. The third kappa shape index (κ3) is 6.63. The normalized spacial score (nSPS) is 20.2. The number of carbonyl (C=O) groups excluding carboxylic acids is 5. The van der Waals surface area contributed by atoms with Gasteiger partial charge in [-0.3, -0.25) is 44.1 Å². The second-order valence-corrected chi connectivity index (χ2v) is 14.4. The van der Waals surface area contributed by atoms with Gasteiger partial charge in [-0.1, -0.05) is 6.07 Å². The monoisotopic (exact) mass is 778 g/mol.